The van der Waals surface area contributed by atoms with Gasteiger partial charge in [-0.1, -0.05) is 12.1 Å². The number of aromatic carboxylic acids is 1. The van der Waals surface area contributed by atoms with E-state index in [1.165, 1.54) is 13.3 Å². The molecule has 8 heteroatoms. The number of carbonyl (C=O) groups is 2. The van der Waals surface area contributed by atoms with E-state index >= 15 is 0 Å². The molecule has 31 heavy (non-hydrogen) atoms. The average Bonchev–Trinajstić information content (AvgIpc) is 3.17. The molecule has 2 aromatic carbocycles. The minimum absolute atomic E-state index is 0.0134. The van der Waals surface area contributed by atoms with Crippen LogP contribution in [0.5, 0.6) is 17.2 Å². The first-order valence-corrected chi connectivity index (χ1v) is 9.61. The normalized spacial score (nSPS) is 15.1. The molecule has 1 aromatic heterocycles. The van der Waals surface area contributed by atoms with Crippen LogP contribution < -0.4 is 19.5 Å². The van der Waals surface area contributed by atoms with E-state index in [1.807, 2.05) is 24.3 Å². The van der Waals surface area contributed by atoms with Gasteiger partial charge in [-0.2, -0.15) is 0 Å². The number of fused-ring (bicyclic) bond motifs is 1. The summed E-state index contributed by atoms with van der Waals surface area (Å²) in [5, 5.41) is 12.5. The summed E-state index contributed by atoms with van der Waals surface area (Å²) in [5.74, 6) is 0.102. The highest BCUT2D eigenvalue weighted by Gasteiger charge is 2.35. The van der Waals surface area contributed by atoms with Gasteiger partial charge in [-0.3, -0.25) is 4.79 Å². The Morgan fingerprint density at radius 1 is 1.03 bits per heavy atom. The summed E-state index contributed by atoms with van der Waals surface area (Å²) in [6.07, 6.45) is 1.69. The fourth-order valence-electron chi connectivity index (χ4n) is 3.92. The summed E-state index contributed by atoms with van der Waals surface area (Å²) < 4.78 is 17.8. The van der Waals surface area contributed by atoms with Crippen LogP contribution in [0.1, 0.15) is 34.0 Å². The Kier molecular flexibility index (Phi) is 5.29. The van der Waals surface area contributed by atoms with Crippen LogP contribution >= 0.6 is 0 Å². The Morgan fingerprint density at radius 3 is 2.32 bits per heavy atom. The topological polar surface area (TPSA) is 99.0 Å². The molecule has 8 nitrogen and oxygen atoms in total. The summed E-state index contributed by atoms with van der Waals surface area (Å²) in [5.41, 5.74) is 2.50. The fraction of sp³-hybridized carbons (Fsp3) is 0.217. The van der Waals surface area contributed by atoms with Crippen LogP contribution in [0.15, 0.2) is 48.7 Å². The van der Waals surface area contributed by atoms with Gasteiger partial charge in [-0.15, -0.1) is 0 Å². The van der Waals surface area contributed by atoms with Gasteiger partial charge in [0.25, 0.3) is 0 Å². The van der Waals surface area contributed by atoms with E-state index < -0.39 is 5.97 Å². The molecule has 3 aromatic rings. The van der Waals surface area contributed by atoms with E-state index in [0.29, 0.717) is 34.3 Å². The highest BCUT2D eigenvalue weighted by atomic mass is 16.5. The highest BCUT2D eigenvalue weighted by Crippen LogP contribution is 2.43. The summed E-state index contributed by atoms with van der Waals surface area (Å²) in [7, 11) is 4.68. The molecule has 1 aliphatic rings. The molecule has 0 aliphatic carbocycles. The molecule has 160 valence electrons. The zero-order valence-electron chi connectivity index (χ0n) is 17.3. The first-order chi connectivity index (χ1) is 15.0. The number of amides is 1. The number of carbonyl (C=O) groups excluding carboxylic acids is 1. The summed E-state index contributed by atoms with van der Waals surface area (Å²) in [6, 6.07) is 12.7. The number of hydrogen-bond donors (Lipinski definition) is 2. The third-order valence-corrected chi connectivity index (χ3v) is 5.42. The van der Waals surface area contributed by atoms with Gasteiger partial charge in [-0.05, 0) is 29.8 Å². The molecule has 1 aliphatic heterocycles. The number of carboxylic acid groups (broad SMARTS) is 1. The van der Waals surface area contributed by atoms with Gasteiger partial charge >= 0.3 is 5.97 Å². The summed E-state index contributed by atoms with van der Waals surface area (Å²) in [4.78, 5) is 24.5. The number of nitrogens with zero attached hydrogens (tertiary/aromatic N) is 1. The second-order valence-electron chi connectivity index (χ2n) is 7.09. The molecule has 0 spiro atoms. The predicted molar refractivity (Wildman–Crippen MR) is 114 cm³/mol. The van der Waals surface area contributed by atoms with Crippen molar-refractivity contribution in [3.05, 3.63) is 65.5 Å². The Bertz CT molecular complexity index is 1150. The van der Waals surface area contributed by atoms with E-state index in [0.717, 1.165) is 5.56 Å². The van der Waals surface area contributed by atoms with E-state index in [1.54, 1.807) is 37.0 Å². The van der Waals surface area contributed by atoms with Crippen LogP contribution in [-0.4, -0.2) is 42.9 Å². The van der Waals surface area contributed by atoms with Crippen molar-refractivity contribution in [2.75, 3.05) is 26.6 Å². The first kappa shape index (κ1) is 20.3. The van der Waals surface area contributed by atoms with E-state index in [2.05, 4.69) is 5.32 Å². The second kappa shape index (κ2) is 8.06. The lowest BCUT2D eigenvalue weighted by Gasteiger charge is -2.27. The number of benzene rings is 2. The van der Waals surface area contributed by atoms with Crippen LogP contribution in [0.3, 0.4) is 0 Å². The SMILES string of the molecule is COc1ccc(C2CC(=O)Nc3c(C(=O)O)cn(-c4ccc(OC)cc4OC)c32)cc1. The van der Waals surface area contributed by atoms with Crippen molar-refractivity contribution in [1.82, 2.24) is 4.57 Å². The number of ether oxygens (including phenoxy) is 3. The number of anilines is 1. The third-order valence-electron chi connectivity index (χ3n) is 5.42. The molecule has 0 radical (unpaired) electrons. The third kappa shape index (κ3) is 3.56. The maximum Gasteiger partial charge on any atom is 0.339 e. The predicted octanol–water partition coefficient (Wildman–Crippen LogP) is 3.68. The zero-order chi connectivity index (χ0) is 22.1. The summed E-state index contributed by atoms with van der Waals surface area (Å²) in [6.45, 7) is 0. The van der Waals surface area contributed by atoms with Crippen molar-refractivity contribution in [2.45, 2.75) is 12.3 Å². The molecule has 0 saturated heterocycles. The molecule has 1 atom stereocenters. The Labute approximate surface area is 179 Å². The smallest absolute Gasteiger partial charge is 0.339 e. The second-order valence-corrected chi connectivity index (χ2v) is 7.09. The van der Waals surface area contributed by atoms with E-state index in [9.17, 15) is 14.7 Å². The van der Waals surface area contributed by atoms with Crippen LogP contribution in [-0.2, 0) is 4.79 Å². The molecule has 0 bridgehead atoms. The van der Waals surface area contributed by atoms with Gasteiger partial charge in [0, 0.05) is 24.6 Å². The van der Waals surface area contributed by atoms with Crippen LogP contribution in [0, 0.1) is 0 Å². The maximum absolute atomic E-state index is 12.5. The van der Waals surface area contributed by atoms with Crippen LogP contribution in [0.2, 0.25) is 0 Å². The van der Waals surface area contributed by atoms with Gasteiger partial charge in [-0.25, -0.2) is 4.79 Å². The molecule has 4 rings (SSSR count). The number of aromatic nitrogens is 1. The number of rotatable bonds is 6. The molecule has 0 fully saturated rings. The van der Waals surface area contributed by atoms with Crippen LogP contribution in [0.4, 0.5) is 5.69 Å². The molecule has 1 unspecified atom stereocenters. The number of methoxy groups -OCH3 is 3. The Hall–Kier alpha value is -3.94. The van der Waals surface area contributed by atoms with E-state index in [-0.39, 0.29) is 23.8 Å². The summed E-state index contributed by atoms with van der Waals surface area (Å²) >= 11 is 0. The maximum atomic E-state index is 12.5. The van der Waals surface area contributed by atoms with Crippen molar-refractivity contribution in [3.8, 4) is 22.9 Å². The molecule has 1 amide bonds. The standard InChI is InChI=1S/C23H22N2O6/c1-29-14-6-4-13(5-7-14)16-11-20(26)24-21-17(23(27)28)12-25(22(16)21)18-9-8-15(30-2)10-19(18)31-3/h4-10,12,16H,11H2,1-3H3,(H,24,26)(H,27,28). The molecular formula is C23H22N2O6. The van der Waals surface area contributed by atoms with Gasteiger partial charge < -0.3 is 29.2 Å². The Morgan fingerprint density at radius 2 is 1.71 bits per heavy atom. The van der Waals surface area contributed by atoms with Gasteiger partial charge in [0.2, 0.25) is 5.91 Å². The van der Waals surface area contributed by atoms with Crippen molar-refractivity contribution in [3.63, 3.8) is 0 Å². The number of nitrogens with one attached hydrogen (secondary N) is 1. The van der Waals surface area contributed by atoms with Gasteiger partial charge in [0.05, 0.1) is 38.4 Å². The average molecular weight is 422 g/mol. The van der Waals surface area contributed by atoms with Crippen molar-refractivity contribution < 1.29 is 28.9 Å². The largest absolute Gasteiger partial charge is 0.497 e. The van der Waals surface area contributed by atoms with Gasteiger partial charge in [0.1, 0.15) is 22.8 Å². The lowest BCUT2D eigenvalue weighted by atomic mass is 9.88. The lowest BCUT2D eigenvalue weighted by Crippen LogP contribution is -2.25. The fourth-order valence-corrected chi connectivity index (χ4v) is 3.92. The monoisotopic (exact) mass is 422 g/mol. The van der Waals surface area contributed by atoms with Crippen molar-refractivity contribution in [2.24, 2.45) is 0 Å². The zero-order valence-corrected chi connectivity index (χ0v) is 17.3. The van der Waals surface area contributed by atoms with Crippen LogP contribution in [0.25, 0.3) is 5.69 Å². The minimum Gasteiger partial charge on any atom is -0.497 e. The minimum atomic E-state index is -1.13. The quantitative estimate of drug-likeness (QED) is 0.629. The highest BCUT2D eigenvalue weighted by molar-refractivity contribution is 6.04. The van der Waals surface area contributed by atoms with Crippen molar-refractivity contribution in [1.29, 1.82) is 0 Å². The molecular weight excluding hydrogens is 400 g/mol. The molecule has 2 N–H and O–H groups in total. The molecule has 2 heterocycles. The first-order valence-electron chi connectivity index (χ1n) is 9.61. The van der Waals surface area contributed by atoms with Gasteiger partial charge in [0.15, 0.2) is 0 Å². The lowest BCUT2D eigenvalue weighted by molar-refractivity contribution is -0.116. The number of carboxylic acids is 1. The Balaban J connectivity index is 1.95. The number of hydrogen-bond acceptors (Lipinski definition) is 5. The molecule has 0 saturated carbocycles. The van der Waals surface area contributed by atoms with Crippen molar-refractivity contribution >= 4 is 17.6 Å². The van der Waals surface area contributed by atoms with E-state index in [4.69, 9.17) is 14.2 Å².